The number of rotatable bonds is 7. The maximum atomic E-state index is 13.5. The van der Waals surface area contributed by atoms with Gasteiger partial charge in [0.05, 0.1) is 12.6 Å². The number of carbonyl (C=O) groups is 2. The second-order valence-electron chi connectivity index (χ2n) is 7.94. The molecule has 3 amide bonds. The van der Waals surface area contributed by atoms with Gasteiger partial charge >= 0.3 is 6.03 Å². The van der Waals surface area contributed by atoms with Crippen LogP contribution in [0.15, 0.2) is 48.5 Å². The number of urea groups is 1. The molecule has 0 aliphatic carbocycles. The zero-order valence-corrected chi connectivity index (χ0v) is 17.3. The van der Waals surface area contributed by atoms with Gasteiger partial charge in [0.25, 0.3) is 0 Å². The molecule has 164 valence electrons. The van der Waals surface area contributed by atoms with Crippen molar-refractivity contribution in [1.82, 2.24) is 20.0 Å². The van der Waals surface area contributed by atoms with Crippen LogP contribution in [0.4, 0.5) is 13.6 Å². The van der Waals surface area contributed by atoms with E-state index in [0.717, 1.165) is 50.3 Å². The molecule has 0 radical (unpaired) electrons. The number of nitrogens with zero attached hydrogens (tertiary/aromatic N) is 3. The molecule has 0 unspecified atom stereocenters. The van der Waals surface area contributed by atoms with Crippen molar-refractivity contribution in [1.29, 1.82) is 0 Å². The molecule has 2 aromatic rings. The Hall–Kier alpha value is -2.84. The monoisotopic (exact) mass is 428 g/mol. The number of piperazine rings is 1. The van der Waals surface area contributed by atoms with Crippen molar-refractivity contribution in [2.24, 2.45) is 0 Å². The zero-order chi connectivity index (χ0) is 21.8. The second-order valence-corrected chi connectivity index (χ2v) is 7.94. The molecule has 0 bridgehead atoms. The fraction of sp³-hybridized carbons (Fsp3) is 0.391. The van der Waals surface area contributed by atoms with Gasteiger partial charge in [0.1, 0.15) is 11.6 Å². The topological polar surface area (TPSA) is 55.9 Å². The van der Waals surface area contributed by atoms with Crippen LogP contribution in [-0.2, 0) is 4.79 Å². The molecule has 2 aliphatic heterocycles. The van der Waals surface area contributed by atoms with E-state index in [0.29, 0.717) is 6.54 Å². The number of hydrogen-bond acceptors (Lipinski definition) is 4. The molecule has 2 saturated heterocycles. The Bertz CT molecular complexity index is 851. The van der Waals surface area contributed by atoms with Crippen LogP contribution in [0.1, 0.15) is 23.6 Å². The highest BCUT2D eigenvalue weighted by Gasteiger charge is 2.29. The fourth-order valence-electron chi connectivity index (χ4n) is 4.28. The molecule has 4 rings (SSSR count). The number of imide groups is 1. The first-order chi connectivity index (χ1) is 15.0. The normalized spacial score (nSPS) is 18.1. The van der Waals surface area contributed by atoms with Crippen molar-refractivity contribution in [2.75, 3.05) is 45.8 Å². The highest BCUT2D eigenvalue weighted by Crippen LogP contribution is 2.30. The molecule has 0 saturated carbocycles. The van der Waals surface area contributed by atoms with Crippen molar-refractivity contribution in [3.8, 4) is 0 Å². The number of amides is 3. The summed E-state index contributed by atoms with van der Waals surface area (Å²) in [5.74, 6) is -0.732. The molecule has 6 nitrogen and oxygen atoms in total. The van der Waals surface area contributed by atoms with E-state index in [-0.39, 0.29) is 36.2 Å². The van der Waals surface area contributed by atoms with Crippen LogP contribution in [-0.4, -0.2) is 72.5 Å². The SMILES string of the molecule is O=C1CNC(=O)N1CCCN1CCN(C(c2ccc(F)cc2)c2ccc(F)cc2)CC1. The molecule has 1 N–H and O–H groups in total. The molecule has 0 spiro atoms. The lowest BCUT2D eigenvalue weighted by Crippen LogP contribution is -2.48. The molecule has 2 fully saturated rings. The largest absolute Gasteiger partial charge is 0.329 e. The molecule has 31 heavy (non-hydrogen) atoms. The van der Waals surface area contributed by atoms with Gasteiger partial charge in [0, 0.05) is 32.7 Å². The first kappa shape index (κ1) is 21.4. The maximum Gasteiger partial charge on any atom is 0.324 e. The maximum absolute atomic E-state index is 13.5. The third kappa shape index (κ3) is 5.08. The minimum Gasteiger partial charge on any atom is -0.329 e. The summed E-state index contributed by atoms with van der Waals surface area (Å²) in [7, 11) is 0. The number of benzene rings is 2. The van der Waals surface area contributed by atoms with Crippen molar-refractivity contribution in [3.63, 3.8) is 0 Å². The van der Waals surface area contributed by atoms with Crippen molar-refractivity contribution < 1.29 is 18.4 Å². The summed E-state index contributed by atoms with van der Waals surface area (Å²) in [6.07, 6.45) is 0.735. The zero-order valence-electron chi connectivity index (χ0n) is 17.3. The van der Waals surface area contributed by atoms with Crippen LogP contribution < -0.4 is 5.32 Å². The molecular weight excluding hydrogens is 402 g/mol. The summed E-state index contributed by atoms with van der Waals surface area (Å²) in [4.78, 5) is 29.2. The van der Waals surface area contributed by atoms with Crippen LogP contribution in [0.25, 0.3) is 0 Å². The van der Waals surface area contributed by atoms with Gasteiger partial charge in [-0.1, -0.05) is 24.3 Å². The fourth-order valence-corrected chi connectivity index (χ4v) is 4.28. The highest BCUT2D eigenvalue weighted by molar-refractivity contribution is 6.01. The van der Waals surface area contributed by atoms with Crippen molar-refractivity contribution >= 4 is 11.9 Å². The smallest absolute Gasteiger partial charge is 0.324 e. The van der Waals surface area contributed by atoms with Gasteiger partial charge in [-0.05, 0) is 48.4 Å². The summed E-state index contributed by atoms with van der Waals surface area (Å²) >= 11 is 0. The first-order valence-electron chi connectivity index (χ1n) is 10.6. The van der Waals surface area contributed by atoms with Crippen LogP contribution in [0, 0.1) is 11.6 Å². The van der Waals surface area contributed by atoms with E-state index in [2.05, 4.69) is 15.1 Å². The average molecular weight is 428 g/mol. The molecule has 8 heteroatoms. The van der Waals surface area contributed by atoms with E-state index in [4.69, 9.17) is 0 Å². The second kappa shape index (κ2) is 9.53. The Kier molecular flexibility index (Phi) is 6.58. The lowest BCUT2D eigenvalue weighted by molar-refractivity contribution is -0.125. The van der Waals surface area contributed by atoms with Gasteiger partial charge in [-0.2, -0.15) is 0 Å². The number of nitrogens with one attached hydrogen (secondary N) is 1. The lowest BCUT2D eigenvalue weighted by atomic mass is 9.96. The van der Waals surface area contributed by atoms with E-state index in [9.17, 15) is 18.4 Å². The highest BCUT2D eigenvalue weighted by atomic mass is 19.1. The van der Waals surface area contributed by atoms with Gasteiger partial charge in [-0.3, -0.25) is 14.6 Å². The molecule has 2 aromatic carbocycles. The van der Waals surface area contributed by atoms with Gasteiger partial charge in [0.2, 0.25) is 5.91 Å². The number of halogens is 2. The van der Waals surface area contributed by atoms with E-state index in [1.165, 1.54) is 29.2 Å². The van der Waals surface area contributed by atoms with Crippen LogP contribution in [0.3, 0.4) is 0 Å². The third-order valence-corrected chi connectivity index (χ3v) is 5.94. The Balaban J connectivity index is 1.37. The standard InChI is InChI=1S/C23H26F2N4O2/c24-19-6-2-17(3-7-19)22(18-4-8-20(25)9-5-18)28-14-12-27(13-15-28)10-1-11-29-21(30)16-26-23(29)31/h2-9,22H,1,10-16H2,(H,26,31). The van der Waals surface area contributed by atoms with Gasteiger partial charge in [-0.15, -0.1) is 0 Å². The van der Waals surface area contributed by atoms with Gasteiger partial charge in [-0.25, -0.2) is 13.6 Å². The van der Waals surface area contributed by atoms with E-state index in [1.54, 1.807) is 24.3 Å². The lowest BCUT2D eigenvalue weighted by Gasteiger charge is -2.40. The average Bonchev–Trinajstić information content (AvgIpc) is 3.10. The summed E-state index contributed by atoms with van der Waals surface area (Å²) < 4.78 is 26.9. The van der Waals surface area contributed by atoms with Crippen LogP contribution in [0.2, 0.25) is 0 Å². The minimum absolute atomic E-state index is 0.0748. The molecule has 2 heterocycles. The Morgan fingerprint density at radius 1 is 0.806 bits per heavy atom. The van der Waals surface area contributed by atoms with Crippen molar-refractivity contribution in [2.45, 2.75) is 12.5 Å². The summed E-state index contributed by atoms with van der Waals surface area (Å²) in [5.41, 5.74) is 1.94. The predicted octanol–water partition coefficient (Wildman–Crippen LogP) is 2.61. The van der Waals surface area contributed by atoms with Crippen LogP contribution >= 0.6 is 0 Å². The Morgan fingerprint density at radius 2 is 1.35 bits per heavy atom. The number of carbonyl (C=O) groups excluding carboxylic acids is 2. The van der Waals surface area contributed by atoms with E-state index < -0.39 is 0 Å². The third-order valence-electron chi connectivity index (χ3n) is 5.94. The predicted molar refractivity (Wildman–Crippen MR) is 112 cm³/mol. The van der Waals surface area contributed by atoms with Crippen LogP contribution in [0.5, 0.6) is 0 Å². The van der Waals surface area contributed by atoms with E-state index >= 15 is 0 Å². The van der Waals surface area contributed by atoms with Gasteiger partial charge in [0.15, 0.2) is 0 Å². The first-order valence-corrected chi connectivity index (χ1v) is 10.6. The minimum atomic E-state index is -0.309. The Labute approximate surface area is 180 Å². The molecule has 0 atom stereocenters. The quantitative estimate of drug-likeness (QED) is 0.689. The Morgan fingerprint density at radius 3 is 1.84 bits per heavy atom. The summed E-state index contributed by atoms with van der Waals surface area (Å²) in [6, 6.07) is 12.6. The summed E-state index contributed by atoms with van der Waals surface area (Å²) in [5, 5.41) is 2.53. The molecular formula is C23H26F2N4O2. The molecule has 0 aromatic heterocycles. The van der Waals surface area contributed by atoms with E-state index in [1.807, 2.05) is 0 Å². The van der Waals surface area contributed by atoms with Crippen molar-refractivity contribution in [3.05, 3.63) is 71.3 Å². The number of hydrogen-bond donors (Lipinski definition) is 1. The van der Waals surface area contributed by atoms with Gasteiger partial charge < -0.3 is 10.2 Å². The molecule has 2 aliphatic rings. The summed E-state index contributed by atoms with van der Waals surface area (Å²) in [6.45, 7) is 4.64.